The number of aromatic nitrogens is 1. The zero-order valence-corrected chi connectivity index (χ0v) is 14.4. The lowest BCUT2D eigenvalue weighted by Gasteiger charge is -2.14. The summed E-state index contributed by atoms with van der Waals surface area (Å²) in [5.74, 6) is 0.618. The minimum atomic E-state index is 0. The maximum absolute atomic E-state index is 6.36. The summed E-state index contributed by atoms with van der Waals surface area (Å²) >= 11 is 0. The molecule has 0 aliphatic heterocycles. The van der Waals surface area contributed by atoms with E-state index in [2.05, 4.69) is 67.8 Å². The van der Waals surface area contributed by atoms with Crippen LogP contribution in [0.3, 0.4) is 0 Å². The van der Waals surface area contributed by atoms with E-state index in [1.807, 2.05) is 0 Å². The number of aryl methyl sites for hydroxylation is 1. The Kier molecular flexibility index (Phi) is 5.15. The first-order chi connectivity index (χ1) is 10.1. The van der Waals surface area contributed by atoms with E-state index in [1.165, 1.54) is 27.4 Å². The molecular formula is C19H25ClN2. The highest BCUT2D eigenvalue weighted by Crippen LogP contribution is 2.31. The molecule has 3 heteroatoms. The number of nitrogens with two attached hydrogens (primary N) is 1. The summed E-state index contributed by atoms with van der Waals surface area (Å²) in [6, 6.07) is 15.5. The third-order valence-electron chi connectivity index (χ3n) is 4.27. The van der Waals surface area contributed by atoms with Crippen molar-refractivity contribution < 1.29 is 0 Å². The third kappa shape index (κ3) is 2.86. The third-order valence-corrected chi connectivity index (χ3v) is 4.27. The average Bonchev–Trinajstić information content (AvgIpc) is 2.79. The molecule has 2 aromatic carbocycles. The second kappa shape index (κ2) is 6.72. The molecule has 0 amide bonds. The molecule has 1 aromatic heterocycles. The van der Waals surface area contributed by atoms with Crippen LogP contribution in [0.2, 0.25) is 0 Å². The Hall–Kier alpha value is -1.51. The second-order valence-electron chi connectivity index (χ2n) is 6.27. The second-order valence-corrected chi connectivity index (χ2v) is 6.27. The molecule has 2 N–H and O–H groups in total. The number of fused-ring (bicyclic) bond motifs is 3. The number of hydrogen-bond acceptors (Lipinski definition) is 1. The Morgan fingerprint density at radius 1 is 1.00 bits per heavy atom. The van der Waals surface area contributed by atoms with Gasteiger partial charge in [0.05, 0.1) is 0 Å². The maximum Gasteiger partial charge on any atom is 0.0491 e. The van der Waals surface area contributed by atoms with Crippen molar-refractivity contribution in [3.8, 4) is 0 Å². The van der Waals surface area contributed by atoms with E-state index in [0.29, 0.717) is 5.92 Å². The van der Waals surface area contributed by atoms with E-state index < -0.39 is 0 Å². The minimum Gasteiger partial charge on any atom is -0.341 e. The van der Waals surface area contributed by atoms with Crippen LogP contribution >= 0.6 is 12.4 Å². The van der Waals surface area contributed by atoms with Crippen molar-refractivity contribution in [1.29, 1.82) is 0 Å². The summed E-state index contributed by atoms with van der Waals surface area (Å²) < 4.78 is 2.38. The van der Waals surface area contributed by atoms with Crippen molar-refractivity contribution >= 4 is 34.2 Å². The van der Waals surface area contributed by atoms with Crippen LogP contribution in [0.25, 0.3) is 21.8 Å². The molecule has 1 atom stereocenters. The SMILES string of the molecule is CCn1c2ccccc2c2cc([C@@H](N)CC(C)C)ccc21.Cl. The van der Waals surface area contributed by atoms with Crippen LogP contribution in [0, 0.1) is 5.92 Å². The predicted molar refractivity (Wildman–Crippen MR) is 98.7 cm³/mol. The molecule has 0 bridgehead atoms. The van der Waals surface area contributed by atoms with Gasteiger partial charge in [0, 0.05) is 34.4 Å². The largest absolute Gasteiger partial charge is 0.341 e. The fraction of sp³-hybridized carbons (Fsp3) is 0.368. The average molecular weight is 317 g/mol. The topological polar surface area (TPSA) is 30.9 Å². The van der Waals surface area contributed by atoms with Gasteiger partial charge in [-0.05, 0) is 43.0 Å². The minimum absolute atomic E-state index is 0. The van der Waals surface area contributed by atoms with E-state index in [1.54, 1.807) is 0 Å². The maximum atomic E-state index is 6.36. The van der Waals surface area contributed by atoms with Crippen molar-refractivity contribution in [1.82, 2.24) is 4.57 Å². The Balaban J connectivity index is 0.00000176. The first kappa shape index (κ1) is 16.9. The molecule has 0 radical (unpaired) electrons. The highest BCUT2D eigenvalue weighted by molar-refractivity contribution is 6.08. The fourth-order valence-corrected chi connectivity index (χ4v) is 3.29. The van der Waals surface area contributed by atoms with Gasteiger partial charge in [-0.15, -0.1) is 12.4 Å². The standard InChI is InChI=1S/C19H24N2.ClH/c1-4-21-18-8-6-5-7-15(18)16-12-14(9-10-19(16)21)17(20)11-13(2)3;/h5-10,12-13,17H,4,11,20H2,1-3H3;1H/t17-;/m0./s1. The fourth-order valence-electron chi connectivity index (χ4n) is 3.29. The van der Waals surface area contributed by atoms with Gasteiger partial charge in [-0.2, -0.15) is 0 Å². The molecule has 0 saturated heterocycles. The number of halogens is 1. The summed E-state index contributed by atoms with van der Waals surface area (Å²) in [6.45, 7) is 7.63. The molecular weight excluding hydrogens is 292 g/mol. The molecule has 3 rings (SSSR count). The van der Waals surface area contributed by atoms with Gasteiger partial charge < -0.3 is 10.3 Å². The van der Waals surface area contributed by atoms with Gasteiger partial charge in [0.25, 0.3) is 0 Å². The molecule has 0 unspecified atom stereocenters. The highest BCUT2D eigenvalue weighted by Gasteiger charge is 2.13. The Labute approximate surface area is 138 Å². The van der Waals surface area contributed by atoms with Crippen molar-refractivity contribution in [2.24, 2.45) is 11.7 Å². The summed E-state index contributed by atoms with van der Waals surface area (Å²) in [7, 11) is 0. The van der Waals surface area contributed by atoms with E-state index in [0.717, 1.165) is 13.0 Å². The zero-order chi connectivity index (χ0) is 15.0. The van der Waals surface area contributed by atoms with Crippen LogP contribution < -0.4 is 5.73 Å². The smallest absolute Gasteiger partial charge is 0.0491 e. The normalized spacial score (nSPS) is 12.8. The summed E-state index contributed by atoms with van der Waals surface area (Å²) in [5.41, 5.74) is 10.2. The van der Waals surface area contributed by atoms with Gasteiger partial charge in [-0.1, -0.05) is 38.1 Å². The Morgan fingerprint density at radius 3 is 2.36 bits per heavy atom. The van der Waals surface area contributed by atoms with Crippen LogP contribution in [0.15, 0.2) is 42.5 Å². The zero-order valence-electron chi connectivity index (χ0n) is 13.5. The van der Waals surface area contributed by atoms with Crippen LogP contribution in [0.5, 0.6) is 0 Å². The van der Waals surface area contributed by atoms with Crippen LogP contribution in [-0.4, -0.2) is 4.57 Å². The molecule has 0 spiro atoms. The van der Waals surface area contributed by atoms with Crippen molar-refractivity contribution in [2.45, 2.75) is 39.8 Å². The number of rotatable bonds is 4. The lowest BCUT2D eigenvalue weighted by molar-refractivity contribution is 0.510. The molecule has 2 nitrogen and oxygen atoms in total. The van der Waals surface area contributed by atoms with Gasteiger partial charge in [0.15, 0.2) is 0 Å². The quantitative estimate of drug-likeness (QED) is 0.697. The first-order valence-corrected chi connectivity index (χ1v) is 7.88. The van der Waals surface area contributed by atoms with Gasteiger partial charge in [-0.3, -0.25) is 0 Å². The van der Waals surface area contributed by atoms with Crippen LogP contribution in [0.1, 0.15) is 38.8 Å². The van der Waals surface area contributed by atoms with Gasteiger partial charge in [0.2, 0.25) is 0 Å². The van der Waals surface area contributed by atoms with Crippen molar-refractivity contribution in [3.05, 3.63) is 48.0 Å². The monoisotopic (exact) mass is 316 g/mol. The van der Waals surface area contributed by atoms with E-state index in [4.69, 9.17) is 5.73 Å². The summed E-state index contributed by atoms with van der Waals surface area (Å²) in [4.78, 5) is 0. The first-order valence-electron chi connectivity index (χ1n) is 7.88. The molecule has 22 heavy (non-hydrogen) atoms. The predicted octanol–water partition coefficient (Wildman–Crippen LogP) is 5.28. The van der Waals surface area contributed by atoms with Gasteiger partial charge >= 0.3 is 0 Å². The number of hydrogen-bond donors (Lipinski definition) is 1. The Bertz CT molecular complexity index is 774. The summed E-state index contributed by atoms with van der Waals surface area (Å²) in [5, 5.41) is 2.65. The lowest BCUT2D eigenvalue weighted by Crippen LogP contribution is -2.12. The lowest BCUT2D eigenvalue weighted by atomic mass is 9.96. The number of para-hydroxylation sites is 1. The number of benzene rings is 2. The Morgan fingerprint density at radius 2 is 1.68 bits per heavy atom. The molecule has 118 valence electrons. The molecule has 0 fully saturated rings. The molecule has 3 aromatic rings. The van der Waals surface area contributed by atoms with Crippen LogP contribution in [0.4, 0.5) is 0 Å². The number of nitrogens with zero attached hydrogens (tertiary/aromatic N) is 1. The highest BCUT2D eigenvalue weighted by atomic mass is 35.5. The van der Waals surface area contributed by atoms with Crippen molar-refractivity contribution in [3.63, 3.8) is 0 Å². The molecule has 0 aliphatic carbocycles. The molecule has 0 aliphatic rings. The van der Waals surface area contributed by atoms with Crippen LogP contribution in [-0.2, 0) is 6.54 Å². The van der Waals surface area contributed by atoms with E-state index in [9.17, 15) is 0 Å². The van der Waals surface area contributed by atoms with Gasteiger partial charge in [0.1, 0.15) is 0 Å². The van der Waals surface area contributed by atoms with Crippen molar-refractivity contribution in [2.75, 3.05) is 0 Å². The molecule has 0 saturated carbocycles. The summed E-state index contributed by atoms with van der Waals surface area (Å²) in [6.07, 6.45) is 1.03. The van der Waals surface area contributed by atoms with E-state index >= 15 is 0 Å². The van der Waals surface area contributed by atoms with E-state index in [-0.39, 0.29) is 18.4 Å². The van der Waals surface area contributed by atoms with Gasteiger partial charge in [-0.25, -0.2) is 0 Å². The molecule has 1 heterocycles.